The minimum Gasteiger partial charge on any atom is -0.496 e. The Morgan fingerprint density at radius 3 is 1.88 bits per heavy atom. The Balaban J connectivity index is 3.19. The molecule has 24 heavy (non-hydrogen) atoms. The molecule has 0 spiro atoms. The smallest absolute Gasteiger partial charge is 0.305 e. The third kappa shape index (κ3) is 4.89. The molecule has 0 N–H and O–H groups in total. The predicted octanol–water partition coefficient (Wildman–Crippen LogP) is 4.62. The summed E-state index contributed by atoms with van der Waals surface area (Å²) in [7, 11) is 4.82. The highest BCUT2D eigenvalue weighted by atomic mass is 16.5. The standard InChI is InChI=1S/C20H32O4/c1-19(2,3)14-12-17(23-7)15(13-16(14)22-6)20(4,5)11-9-10-18(21)24-8/h12-13H,9-11H2,1-8H3. The molecule has 4 heteroatoms. The van der Waals surface area contributed by atoms with E-state index in [1.54, 1.807) is 14.2 Å². The molecule has 0 saturated carbocycles. The van der Waals surface area contributed by atoms with Crippen molar-refractivity contribution in [1.82, 2.24) is 0 Å². The van der Waals surface area contributed by atoms with Gasteiger partial charge in [0.25, 0.3) is 0 Å². The molecule has 0 heterocycles. The Bertz CT molecular complexity index is 568. The predicted molar refractivity (Wildman–Crippen MR) is 97.1 cm³/mol. The minimum atomic E-state index is -0.168. The van der Waals surface area contributed by atoms with Gasteiger partial charge in [-0.15, -0.1) is 0 Å². The van der Waals surface area contributed by atoms with E-state index in [0.717, 1.165) is 35.5 Å². The number of methoxy groups -OCH3 is 3. The fraction of sp³-hybridized carbons (Fsp3) is 0.650. The molecule has 0 aromatic heterocycles. The molecule has 0 amide bonds. The quantitative estimate of drug-likeness (QED) is 0.681. The highest BCUT2D eigenvalue weighted by molar-refractivity contribution is 5.69. The number of rotatable bonds is 7. The molecule has 0 fully saturated rings. The zero-order chi connectivity index (χ0) is 18.5. The molecular weight excluding hydrogens is 304 g/mol. The van der Waals surface area contributed by atoms with E-state index in [9.17, 15) is 4.79 Å². The molecule has 0 atom stereocenters. The van der Waals surface area contributed by atoms with Crippen molar-refractivity contribution in [3.63, 3.8) is 0 Å². The van der Waals surface area contributed by atoms with Crippen molar-refractivity contribution in [2.45, 2.75) is 64.7 Å². The van der Waals surface area contributed by atoms with Gasteiger partial charge in [0.2, 0.25) is 0 Å². The second-order valence-corrected chi connectivity index (χ2v) is 7.82. The van der Waals surface area contributed by atoms with Gasteiger partial charge in [-0.05, 0) is 35.8 Å². The normalized spacial score (nSPS) is 12.0. The van der Waals surface area contributed by atoms with Crippen LogP contribution in [0.1, 0.15) is 65.0 Å². The van der Waals surface area contributed by atoms with Crippen LogP contribution in [-0.2, 0) is 20.4 Å². The molecule has 1 rings (SSSR count). The summed E-state index contributed by atoms with van der Waals surface area (Å²) < 4.78 is 16.0. The summed E-state index contributed by atoms with van der Waals surface area (Å²) in [6.07, 6.45) is 2.06. The molecule has 0 aliphatic heterocycles. The van der Waals surface area contributed by atoms with Gasteiger partial charge in [0.1, 0.15) is 11.5 Å². The third-order valence-corrected chi connectivity index (χ3v) is 4.47. The lowest BCUT2D eigenvalue weighted by atomic mass is 9.77. The second kappa shape index (κ2) is 7.91. The van der Waals surface area contributed by atoms with Crippen LogP contribution >= 0.6 is 0 Å². The van der Waals surface area contributed by atoms with Crippen LogP contribution in [-0.4, -0.2) is 27.3 Å². The van der Waals surface area contributed by atoms with Gasteiger partial charge < -0.3 is 14.2 Å². The molecule has 0 aliphatic rings. The van der Waals surface area contributed by atoms with Crippen molar-refractivity contribution in [1.29, 1.82) is 0 Å². The van der Waals surface area contributed by atoms with Crippen molar-refractivity contribution in [2.75, 3.05) is 21.3 Å². The molecule has 0 saturated heterocycles. The summed E-state index contributed by atoms with van der Waals surface area (Å²) in [5.74, 6) is 1.57. The van der Waals surface area contributed by atoms with Crippen LogP contribution in [0.15, 0.2) is 12.1 Å². The van der Waals surface area contributed by atoms with Gasteiger partial charge in [-0.1, -0.05) is 34.6 Å². The van der Waals surface area contributed by atoms with Gasteiger partial charge in [-0.3, -0.25) is 4.79 Å². The van der Waals surface area contributed by atoms with Crippen molar-refractivity contribution in [2.24, 2.45) is 0 Å². The third-order valence-electron chi connectivity index (χ3n) is 4.47. The van der Waals surface area contributed by atoms with Crippen molar-refractivity contribution >= 4 is 5.97 Å². The number of ether oxygens (including phenoxy) is 3. The summed E-state index contributed by atoms with van der Waals surface area (Å²) in [5, 5.41) is 0. The summed E-state index contributed by atoms with van der Waals surface area (Å²) in [6.45, 7) is 10.8. The summed E-state index contributed by atoms with van der Waals surface area (Å²) in [4.78, 5) is 11.3. The largest absolute Gasteiger partial charge is 0.496 e. The zero-order valence-corrected chi connectivity index (χ0v) is 16.4. The van der Waals surface area contributed by atoms with Crippen molar-refractivity contribution < 1.29 is 19.0 Å². The van der Waals surface area contributed by atoms with Crippen molar-refractivity contribution in [3.8, 4) is 11.5 Å². The SMILES string of the molecule is COC(=O)CCCC(C)(C)c1cc(OC)c(C(C)(C)C)cc1OC. The Labute approximate surface area is 146 Å². The van der Waals surface area contributed by atoms with E-state index in [2.05, 4.69) is 46.8 Å². The lowest BCUT2D eigenvalue weighted by Crippen LogP contribution is -2.21. The zero-order valence-electron chi connectivity index (χ0n) is 16.4. The maximum Gasteiger partial charge on any atom is 0.305 e. The van der Waals surface area contributed by atoms with Gasteiger partial charge in [0, 0.05) is 17.5 Å². The first-order valence-electron chi connectivity index (χ1n) is 8.40. The Morgan fingerprint density at radius 1 is 0.917 bits per heavy atom. The minimum absolute atomic E-state index is 0.0355. The number of carbonyl (C=O) groups is 1. The van der Waals surface area contributed by atoms with Gasteiger partial charge in [-0.25, -0.2) is 0 Å². The summed E-state index contributed by atoms with van der Waals surface area (Å²) >= 11 is 0. The van der Waals surface area contributed by atoms with Gasteiger partial charge in [-0.2, -0.15) is 0 Å². The average Bonchev–Trinajstić information content (AvgIpc) is 2.52. The van der Waals surface area contributed by atoms with E-state index < -0.39 is 0 Å². The fourth-order valence-corrected chi connectivity index (χ4v) is 2.92. The molecule has 0 bridgehead atoms. The lowest BCUT2D eigenvalue weighted by molar-refractivity contribution is -0.140. The maximum absolute atomic E-state index is 11.3. The maximum atomic E-state index is 11.3. The van der Waals surface area contributed by atoms with Crippen LogP contribution in [0.5, 0.6) is 11.5 Å². The lowest BCUT2D eigenvalue weighted by Gasteiger charge is -2.30. The Hall–Kier alpha value is -1.71. The first kappa shape index (κ1) is 20.3. The second-order valence-electron chi connectivity index (χ2n) is 7.82. The molecule has 136 valence electrons. The molecule has 4 nitrogen and oxygen atoms in total. The van der Waals surface area contributed by atoms with Crippen LogP contribution in [0.25, 0.3) is 0 Å². The van der Waals surface area contributed by atoms with E-state index in [1.165, 1.54) is 7.11 Å². The highest BCUT2D eigenvalue weighted by Crippen LogP contribution is 2.42. The first-order valence-corrected chi connectivity index (χ1v) is 8.40. The van der Waals surface area contributed by atoms with Gasteiger partial charge in [0.05, 0.1) is 21.3 Å². The van der Waals surface area contributed by atoms with Crippen LogP contribution in [0.2, 0.25) is 0 Å². The molecular formula is C20H32O4. The molecule has 0 radical (unpaired) electrons. The van der Waals surface area contributed by atoms with E-state index in [1.807, 2.05) is 0 Å². The number of hydrogen-bond acceptors (Lipinski definition) is 4. The molecule has 0 aliphatic carbocycles. The molecule has 0 unspecified atom stereocenters. The van der Waals surface area contributed by atoms with E-state index in [4.69, 9.17) is 14.2 Å². The average molecular weight is 336 g/mol. The fourth-order valence-electron chi connectivity index (χ4n) is 2.92. The van der Waals surface area contributed by atoms with E-state index in [-0.39, 0.29) is 16.8 Å². The highest BCUT2D eigenvalue weighted by Gasteiger charge is 2.29. The number of benzene rings is 1. The van der Waals surface area contributed by atoms with Crippen LogP contribution in [0.3, 0.4) is 0 Å². The molecule has 1 aromatic rings. The number of esters is 1. The van der Waals surface area contributed by atoms with Crippen molar-refractivity contribution in [3.05, 3.63) is 23.3 Å². The van der Waals surface area contributed by atoms with Gasteiger partial charge >= 0.3 is 5.97 Å². The summed E-state index contributed by atoms with van der Waals surface area (Å²) in [6, 6.07) is 4.16. The van der Waals surface area contributed by atoms with Crippen LogP contribution in [0.4, 0.5) is 0 Å². The topological polar surface area (TPSA) is 44.8 Å². The number of carbonyl (C=O) groups excluding carboxylic acids is 1. The van der Waals surface area contributed by atoms with Crippen LogP contribution in [0, 0.1) is 0 Å². The van der Waals surface area contributed by atoms with Crippen LogP contribution < -0.4 is 9.47 Å². The van der Waals surface area contributed by atoms with E-state index >= 15 is 0 Å². The monoisotopic (exact) mass is 336 g/mol. The Kier molecular flexibility index (Phi) is 6.70. The van der Waals surface area contributed by atoms with Gasteiger partial charge in [0.15, 0.2) is 0 Å². The number of hydrogen-bond donors (Lipinski definition) is 0. The van der Waals surface area contributed by atoms with E-state index in [0.29, 0.717) is 6.42 Å². The first-order chi connectivity index (χ1) is 11.1. The summed E-state index contributed by atoms with van der Waals surface area (Å²) in [5.41, 5.74) is 2.05. The molecule has 1 aromatic carbocycles. The Morgan fingerprint density at radius 2 is 1.42 bits per heavy atom.